The summed E-state index contributed by atoms with van der Waals surface area (Å²) >= 11 is 0. The number of benzene rings is 1. The van der Waals surface area contributed by atoms with Gasteiger partial charge in [-0.3, -0.25) is 4.90 Å². The molecule has 0 saturated heterocycles. The number of fused-ring (bicyclic) bond motifs is 1. The number of hydrogen-bond donors (Lipinski definition) is 1. The Morgan fingerprint density at radius 2 is 2.00 bits per heavy atom. The average molecular weight is 329 g/mol. The van der Waals surface area contributed by atoms with E-state index in [0.717, 1.165) is 12.0 Å². The monoisotopic (exact) mass is 329 g/mol. The van der Waals surface area contributed by atoms with E-state index in [4.69, 9.17) is 4.74 Å². The van der Waals surface area contributed by atoms with Gasteiger partial charge < -0.3 is 14.4 Å². The summed E-state index contributed by atoms with van der Waals surface area (Å²) in [6.45, 7) is 3.13. The first-order chi connectivity index (χ1) is 11.6. The zero-order chi connectivity index (χ0) is 17.1. The number of carboxylic acid groups (broad SMARTS) is 1. The summed E-state index contributed by atoms with van der Waals surface area (Å²) < 4.78 is 7.16. The molecule has 3 rings (SSSR count). The molecule has 7 heteroatoms. The van der Waals surface area contributed by atoms with E-state index in [9.17, 15) is 14.7 Å². The molecule has 1 amide bonds. The molecule has 0 bridgehead atoms. The maximum atomic E-state index is 12.5. The first-order valence-corrected chi connectivity index (χ1v) is 7.92. The Bertz CT molecular complexity index is 755. The van der Waals surface area contributed by atoms with Gasteiger partial charge in [0.25, 0.3) is 0 Å². The van der Waals surface area contributed by atoms with Gasteiger partial charge in [0.05, 0.1) is 0 Å². The van der Waals surface area contributed by atoms with E-state index < -0.39 is 12.1 Å². The second kappa shape index (κ2) is 6.74. The summed E-state index contributed by atoms with van der Waals surface area (Å²) in [5, 5.41) is 9.40. The molecule has 24 heavy (non-hydrogen) atoms. The van der Waals surface area contributed by atoms with E-state index in [1.165, 1.54) is 4.90 Å². The molecule has 0 fully saturated rings. The van der Waals surface area contributed by atoms with Crippen molar-refractivity contribution in [3.05, 3.63) is 47.4 Å². The van der Waals surface area contributed by atoms with Gasteiger partial charge in [-0.2, -0.15) is 0 Å². The Labute approximate surface area is 139 Å². The number of imidazole rings is 1. The number of aryl methyl sites for hydroxylation is 1. The van der Waals surface area contributed by atoms with E-state index in [1.807, 2.05) is 37.3 Å². The van der Waals surface area contributed by atoms with Crippen molar-refractivity contribution in [1.82, 2.24) is 9.55 Å². The van der Waals surface area contributed by atoms with Crippen molar-refractivity contribution >= 4 is 17.9 Å². The van der Waals surface area contributed by atoms with Gasteiger partial charge in [-0.05, 0) is 12.0 Å². The van der Waals surface area contributed by atoms with Gasteiger partial charge in [0, 0.05) is 19.5 Å². The molecule has 1 aliphatic heterocycles. The van der Waals surface area contributed by atoms with Crippen LogP contribution < -0.4 is 4.90 Å². The van der Waals surface area contributed by atoms with E-state index >= 15 is 0 Å². The van der Waals surface area contributed by atoms with E-state index in [2.05, 4.69) is 4.98 Å². The van der Waals surface area contributed by atoms with Gasteiger partial charge in [0.1, 0.15) is 12.4 Å². The summed E-state index contributed by atoms with van der Waals surface area (Å²) in [5.74, 6) is -0.146. The predicted octanol–water partition coefficient (Wildman–Crippen LogP) is 2.69. The summed E-state index contributed by atoms with van der Waals surface area (Å²) in [5.41, 5.74) is 0.785. The second-order valence-corrected chi connectivity index (χ2v) is 5.56. The van der Waals surface area contributed by atoms with Crippen LogP contribution in [0.3, 0.4) is 0 Å². The van der Waals surface area contributed by atoms with Crippen LogP contribution in [0.25, 0.3) is 0 Å². The summed E-state index contributed by atoms with van der Waals surface area (Å²) in [4.78, 5) is 29.5. The molecule has 7 nitrogen and oxygen atoms in total. The molecule has 0 spiro atoms. The van der Waals surface area contributed by atoms with Crippen LogP contribution >= 0.6 is 0 Å². The van der Waals surface area contributed by atoms with Gasteiger partial charge in [0.15, 0.2) is 11.5 Å². The zero-order valence-electron chi connectivity index (χ0n) is 13.4. The number of anilines is 1. The second-order valence-electron chi connectivity index (χ2n) is 5.56. The fourth-order valence-corrected chi connectivity index (χ4v) is 2.88. The number of rotatable bonds is 4. The lowest BCUT2D eigenvalue weighted by atomic mass is 10.2. The third-order valence-corrected chi connectivity index (χ3v) is 3.98. The van der Waals surface area contributed by atoms with Crippen molar-refractivity contribution in [3.8, 4) is 0 Å². The Kier molecular flexibility index (Phi) is 4.50. The molecule has 1 aliphatic rings. The largest absolute Gasteiger partial charge is 0.476 e. The molecule has 0 radical (unpaired) electrons. The number of carbonyl (C=O) groups excluding carboxylic acids is 1. The maximum Gasteiger partial charge on any atom is 0.415 e. The minimum Gasteiger partial charge on any atom is -0.476 e. The fourth-order valence-electron chi connectivity index (χ4n) is 2.88. The molecule has 1 N–H and O–H groups in total. The number of carbonyl (C=O) groups is 2. The van der Waals surface area contributed by atoms with E-state index in [1.54, 1.807) is 4.57 Å². The highest BCUT2D eigenvalue weighted by Crippen LogP contribution is 2.28. The smallest absolute Gasteiger partial charge is 0.415 e. The topological polar surface area (TPSA) is 84.7 Å². The van der Waals surface area contributed by atoms with E-state index in [0.29, 0.717) is 31.2 Å². The first kappa shape index (κ1) is 16.0. The van der Waals surface area contributed by atoms with Gasteiger partial charge in [-0.15, -0.1) is 0 Å². The first-order valence-electron chi connectivity index (χ1n) is 7.92. The Balaban J connectivity index is 1.84. The SMILES string of the molecule is CCc1nc(C(=O)O)c2n1CCCN2C(=O)OCc1ccccc1. The van der Waals surface area contributed by atoms with Gasteiger partial charge in [-0.25, -0.2) is 14.6 Å². The summed E-state index contributed by atoms with van der Waals surface area (Å²) in [6, 6.07) is 9.36. The lowest BCUT2D eigenvalue weighted by Gasteiger charge is -2.28. The summed E-state index contributed by atoms with van der Waals surface area (Å²) in [7, 11) is 0. The molecule has 1 aromatic heterocycles. The van der Waals surface area contributed by atoms with Gasteiger partial charge >= 0.3 is 12.1 Å². The van der Waals surface area contributed by atoms with Crippen molar-refractivity contribution in [2.24, 2.45) is 0 Å². The van der Waals surface area contributed by atoms with Gasteiger partial charge in [0.2, 0.25) is 0 Å². The molecule has 0 aliphatic carbocycles. The number of ether oxygens (including phenoxy) is 1. The van der Waals surface area contributed by atoms with Crippen LogP contribution in [0, 0.1) is 0 Å². The van der Waals surface area contributed by atoms with Crippen LogP contribution in [0.5, 0.6) is 0 Å². The van der Waals surface area contributed by atoms with Crippen molar-refractivity contribution in [2.45, 2.75) is 32.9 Å². The summed E-state index contributed by atoms with van der Waals surface area (Å²) in [6.07, 6.45) is 0.785. The van der Waals surface area contributed by atoms with Crippen molar-refractivity contribution in [3.63, 3.8) is 0 Å². The fraction of sp³-hybridized carbons (Fsp3) is 0.353. The van der Waals surface area contributed by atoms with Crippen LogP contribution in [-0.2, 0) is 24.3 Å². The number of nitrogens with zero attached hydrogens (tertiary/aromatic N) is 3. The third-order valence-electron chi connectivity index (χ3n) is 3.98. The molecular formula is C17H19N3O4. The Morgan fingerprint density at radius 1 is 1.25 bits per heavy atom. The molecule has 0 unspecified atom stereocenters. The predicted molar refractivity (Wildman–Crippen MR) is 87.2 cm³/mol. The van der Waals surface area contributed by atoms with Crippen LogP contribution in [0.4, 0.5) is 10.6 Å². The zero-order valence-corrected chi connectivity index (χ0v) is 13.4. The Hall–Kier alpha value is -2.83. The maximum absolute atomic E-state index is 12.5. The number of carboxylic acids is 1. The normalized spacial score (nSPS) is 13.5. The quantitative estimate of drug-likeness (QED) is 0.932. The van der Waals surface area contributed by atoms with Crippen molar-refractivity contribution in [2.75, 3.05) is 11.4 Å². The average Bonchev–Trinajstić information content (AvgIpc) is 2.99. The highest BCUT2D eigenvalue weighted by atomic mass is 16.6. The molecular weight excluding hydrogens is 310 g/mol. The number of amides is 1. The molecule has 2 aromatic rings. The minimum atomic E-state index is -1.14. The van der Waals surface area contributed by atoms with Crippen LogP contribution in [0.2, 0.25) is 0 Å². The number of hydrogen-bond acceptors (Lipinski definition) is 4. The lowest BCUT2D eigenvalue weighted by molar-refractivity contribution is 0.0691. The molecule has 0 atom stereocenters. The highest BCUT2D eigenvalue weighted by molar-refractivity contribution is 5.97. The van der Waals surface area contributed by atoms with Crippen LogP contribution in [0.1, 0.15) is 35.2 Å². The van der Waals surface area contributed by atoms with Crippen LogP contribution in [0.15, 0.2) is 30.3 Å². The standard InChI is InChI=1S/C17H19N3O4/c1-2-13-18-14(16(21)22)15-19(13)9-6-10-20(15)17(23)24-11-12-7-4-3-5-8-12/h3-5,7-8H,2,6,9-11H2,1H3,(H,21,22). The third kappa shape index (κ3) is 2.97. The minimum absolute atomic E-state index is 0.0942. The van der Waals surface area contributed by atoms with Crippen molar-refractivity contribution < 1.29 is 19.4 Å². The highest BCUT2D eigenvalue weighted by Gasteiger charge is 2.32. The molecule has 2 heterocycles. The molecule has 1 aromatic carbocycles. The molecule has 126 valence electrons. The van der Waals surface area contributed by atoms with Gasteiger partial charge in [-0.1, -0.05) is 37.3 Å². The Morgan fingerprint density at radius 3 is 2.67 bits per heavy atom. The van der Waals surface area contributed by atoms with E-state index in [-0.39, 0.29) is 12.3 Å². The number of aromatic nitrogens is 2. The van der Waals surface area contributed by atoms with Crippen LogP contribution in [-0.4, -0.2) is 33.3 Å². The lowest BCUT2D eigenvalue weighted by Crippen LogP contribution is -2.38. The molecule has 0 saturated carbocycles. The number of aromatic carboxylic acids is 1. The van der Waals surface area contributed by atoms with Crippen molar-refractivity contribution in [1.29, 1.82) is 0 Å².